The number of carboxylic acid groups (broad SMARTS) is 1. The van der Waals surface area contributed by atoms with Crippen LogP contribution in [0.3, 0.4) is 0 Å². The number of carboxylic acids is 1. The van der Waals surface area contributed by atoms with Gasteiger partial charge in [-0.1, -0.05) is 12.1 Å². The van der Waals surface area contributed by atoms with E-state index in [-0.39, 0.29) is 35.9 Å². The molecule has 2 aliphatic rings. The quantitative estimate of drug-likeness (QED) is 0.301. The minimum Gasteiger partial charge on any atom is -0.477 e. The highest BCUT2D eigenvalue weighted by atomic mass is 19.1. The molecule has 0 bridgehead atoms. The Morgan fingerprint density at radius 3 is 2.67 bits per heavy atom. The fourth-order valence-corrected chi connectivity index (χ4v) is 5.64. The fourth-order valence-electron chi connectivity index (χ4n) is 5.64. The summed E-state index contributed by atoms with van der Waals surface area (Å²) in [6.45, 7) is 5.16. The lowest BCUT2D eigenvalue weighted by Gasteiger charge is -2.36. The maximum Gasteiger partial charge on any atom is 0.354 e. The summed E-state index contributed by atoms with van der Waals surface area (Å²) >= 11 is 0. The first-order valence-electron chi connectivity index (χ1n) is 14.1. The van der Waals surface area contributed by atoms with E-state index in [9.17, 15) is 14.3 Å². The molecule has 4 aromatic rings. The molecule has 2 aliphatic heterocycles. The third-order valence-corrected chi connectivity index (χ3v) is 8.19. The van der Waals surface area contributed by atoms with E-state index in [4.69, 9.17) is 24.7 Å². The predicted octanol–water partition coefficient (Wildman–Crippen LogP) is 4.84. The zero-order chi connectivity index (χ0) is 29.2. The van der Waals surface area contributed by atoms with E-state index in [1.807, 2.05) is 22.8 Å². The number of piperidine rings is 1. The number of nitriles is 1. The zero-order valence-electron chi connectivity index (χ0n) is 23.2. The molecule has 2 saturated heterocycles. The monoisotopic (exact) mass is 570 g/mol. The molecule has 1 aromatic carbocycles. The van der Waals surface area contributed by atoms with Gasteiger partial charge in [0.05, 0.1) is 30.3 Å². The molecular formula is C31H31FN6O4. The summed E-state index contributed by atoms with van der Waals surface area (Å²) in [5.41, 5.74) is 2.83. The van der Waals surface area contributed by atoms with E-state index >= 15 is 0 Å². The minimum absolute atomic E-state index is 0.000979. The van der Waals surface area contributed by atoms with Gasteiger partial charge < -0.3 is 19.1 Å². The lowest BCUT2D eigenvalue weighted by atomic mass is 9.92. The number of carbonyl (C=O) groups is 1. The number of ether oxygens (including phenoxy) is 2. The number of likely N-dealkylation sites (tertiary alicyclic amines) is 1. The van der Waals surface area contributed by atoms with Crippen molar-refractivity contribution in [2.75, 3.05) is 19.7 Å². The van der Waals surface area contributed by atoms with Crippen molar-refractivity contribution in [2.45, 2.75) is 57.4 Å². The van der Waals surface area contributed by atoms with Crippen LogP contribution in [0.2, 0.25) is 0 Å². The largest absolute Gasteiger partial charge is 0.477 e. The summed E-state index contributed by atoms with van der Waals surface area (Å²) in [7, 11) is 0. The van der Waals surface area contributed by atoms with Gasteiger partial charge in [0.15, 0.2) is 11.3 Å². The van der Waals surface area contributed by atoms with Crippen LogP contribution in [0, 0.1) is 17.1 Å². The van der Waals surface area contributed by atoms with E-state index in [0.717, 1.165) is 50.5 Å². The summed E-state index contributed by atoms with van der Waals surface area (Å²) in [4.78, 5) is 28.0. The Morgan fingerprint density at radius 2 is 1.98 bits per heavy atom. The number of rotatable bonds is 9. The number of fused-ring (bicyclic) bond motifs is 1. The van der Waals surface area contributed by atoms with Crippen LogP contribution in [0.25, 0.3) is 11.2 Å². The van der Waals surface area contributed by atoms with E-state index in [0.29, 0.717) is 29.2 Å². The van der Waals surface area contributed by atoms with Gasteiger partial charge in [-0.05, 0) is 69.6 Å². The van der Waals surface area contributed by atoms with Crippen molar-refractivity contribution in [1.29, 1.82) is 5.26 Å². The van der Waals surface area contributed by atoms with Crippen LogP contribution >= 0.6 is 0 Å². The summed E-state index contributed by atoms with van der Waals surface area (Å²) in [6.07, 6.45) is 2.83. The number of aromatic nitrogens is 4. The average molecular weight is 571 g/mol. The van der Waals surface area contributed by atoms with Crippen molar-refractivity contribution in [3.63, 3.8) is 0 Å². The maximum atomic E-state index is 14.3. The Morgan fingerprint density at radius 1 is 1.17 bits per heavy atom. The highest BCUT2D eigenvalue weighted by molar-refractivity contribution is 5.88. The number of halogens is 1. The van der Waals surface area contributed by atoms with Crippen LogP contribution < -0.4 is 4.74 Å². The normalized spacial score (nSPS) is 18.4. The molecule has 11 heteroatoms. The van der Waals surface area contributed by atoms with Crippen molar-refractivity contribution < 1.29 is 23.8 Å². The number of benzene rings is 1. The summed E-state index contributed by atoms with van der Waals surface area (Å²) < 4.78 is 27.8. The van der Waals surface area contributed by atoms with Crippen LogP contribution in [-0.4, -0.2) is 61.3 Å². The van der Waals surface area contributed by atoms with E-state index < -0.39 is 11.8 Å². The number of nitrogens with zero attached hydrogens (tertiary/aromatic N) is 6. The molecule has 0 amide bonds. The molecule has 216 valence electrons. The Labute approximate surface area is 242 Å². The van der Waals surface area contributed by atoms with Crippen molar-refractivity contribution in [3.8, 4) is 11.9 Å². The molecule has 10 nitrogen and oxygen atoms in total. The first kappa shape index (κ1) is 27.8. The number of pyridine rings is 2. The van der Waals surface area contributed by atoms with E-state index in [1.165, 1.54) is 12.1 Å². The molecule has 1 N–H and O–H groups in total. The van der Waals surface area contributed by atoms with Gasteiger partial charge in [0, 0.05) is 29.8 Å². The smallest absolute Gasteiger partial charge is 0.354 e. The SMILES string of the molecule is CC(c1nc2ccc(C(=O)O)nc2n1C[C@@H]1CCO1)N1CCC(c2cccc(OCc3ccc(C#N)cc3F)n2)CC1. The Balaban J connectivity index is 1.13. The molecule has 42 heavy (non-hydrogen) atoms. The fraction of sp³-hybridized carbons (Fsp3) is 0.387. The average Bonchev–Trinajstić information content (AvgIpc) is 3.35. The standard InChI is InChI=1S/C31H31FN6O4/c1-19(29-35-26-7-8-27(31(39)40)36-30(26)38(29)17-23-11-14-41-23)37-12-9-21(10-13-37)25-3-2-4-28(34-25)42-18-22-6-5-20(16-33)15-24(22)32/h2-8,15,19,21,23H,9-14,17-18H2,1H3,(H,39,40)/t19?,23-/m0/s1. The predicted molar refractivity (Wildman–Crippen MR) is 150 cm³/mol. The Kier molecular flexibility index (Phi) is 7.82. The first-order valence-corrected chi connectivity index (χ1v) is 14.1. The van der Waals surface area contributed by atoms with Gasteiger partial charge >= 0.3 is 5.97 Å². The van der Waals surface area contributed by atoms with Crippen LogP contribution in [0.5, 0.6) is 5.88 Å². The zero-order valence-corrected chi connectivity index (χ0v) is 23.2. The highest BCUT2D eigenvalue weighted by Crippen LogP contribution is 2.33. The number of imidazole rings is 1. The summed E-state index contributed by atoms with van der Waals surface area (Å²) in [5.74, 6) is 0.0136. The van der Waals surface area contributed by atoms with Gasteiger partial charge in [-0.25, -0.2) is 24.1 Å². The molecular weight excluding hydrogens is 539 g/mol. The van der Waals surface area contributed by atoms with Crippen molar-refractivity contribution in [2.24, 2.45) is 0 Å². The summed E-state index contributed by atoms with van der Waals surface area (Å²) in [5, 5.41) is 18.4. The molecule has 6 rings (SSSR count). The second-order valence-electron chi connectivity index (χ2n) is 10.8. The second kappa shape index (κ2) is 11.8. The van der Waals surface area contributed by atoms with Crippen molar-refractivity contribution in [1.82, 2.24) is 24.4 Å². The minimum atomic E-state index is -1.06. The highest BCUT2D eigenvalue weighted by Gasteiger charge is 2.30. The number of aromatic carboxylic acids is 1. The van der Waals surface area contributed by atoms with Gasteiger partial charge in [0.1, 0.15) is 23.8 Å². The molecule has 0 saturated carbocycles. The van der Waals surface area contributed by atoms with Crippen LogP contribution in [0.15, 0.2) is 48.5 Å². The van der Waals surface area contributed by atoms with Crippen molar-refractivity contribution >= 4 is 17.1 Å². The second-order valence-corrected chi connectivity index (χ2v) is 10.8. The van der Waals surface area contributed by atoms with Gasteiger partial charge in [-0.2, -0.15) is 5.26 Å². The molecule has 3 aromatic heterocycles. The third-order valence-electron chi connectivity index (χ3n) is 8.19. The van der Waals surface area contributed by atoms with E-state index in [2.05, 4.69) is 16.8 Å². The van der Waals surface area contributed by atoms with Crippen molar-refractivity contribution in [3.05, 3.63) is 82.7 Å². The summed E-state index contributed by atoms with van der Waals surface area (Å²) in [6, 6.07) is 15.2. The van der Waals surface area contributed by atoms with Gasteiger partial charge in [-0.3, -0.25) is 4.90 Å². The van der Waals surface area contributed by atoms with Crippen LogP contribution in [0.4, 0.5) is 4.39 Å². The third kappa shape index (κ3) is 5.68. The first-order chi connectivity index (χ1) is 20.4. The molecule has 0 aliphatic carbocycles. The lowest BCUT2D eigenvalue weighted by molar-refractivity contribution is -0.0595. The number of hydrogen-bond acceptors (Lipinski definition) is 8. The Bertz CT molecular complexity index is 1660. The molecule has 1 unspecified atom stereocenters. The van der Waals surface area contributed by atoms with Crippen LogP contribution in [0.1, 0.15) is 71.3 Å². The topological polar surface area (TPSA) is 126 Å². The number of hydrogen-bond donors (Lipinski definition) is 1. The van der Waals surface area contributed by atoms with Crippen LogP contribution in [-0.2, 0) is 17.9 Å². The van der Waals surface area contributed by atoms with E-state index in [1.54, 1.807) is 24.3 Å². The molecule has 2 atom stereocenters. The lowest BCUT2D eigenvalue weighted by Crippen LogP contribution is -2.37. The molecule has 0 spiro atoms. The maximum absolute atomic E-state index is 14.3. The van der Waals surface area contributed by atoms with Gasteiger partial charge in [0.25, 0.3) is 0 Å². The van der Waals surface area contributed by atoms with Gasteiger partial charge in [-0.15, -0.1) is 0 Å². The molecule has 0 radical (unpaired) electrons. The molecule has 5 heterocycles. The molecule has 2 fully saturated rings. The Hall–Kier alpha value is -4.40. The van der Waals surface area contributed by atoms with Gasteiger partial charge in [0.2, 0.25) is 5.88 Å².